The number of thiazole rings is 1. The van der Waals surface area contributed by atoms with Crippen LogP contribution in [0.1, 0.15) is 25.9 Å². The fourth-order valence-corrected chi connectivity index (χ4v) is 4.37. The zero-order chi connectivity index (χ0) is 17.1. The van der Waals surface area contributed by atoms with Crippen LogP contribution in [0.3, 0.4) is 0 Å². The Bertz CT molecular complexity index is 702. The van der Waals surface area contributed by atoms with Gasteiger partial charge in [-0.3, -0.25) is 14.7 Å². The second-order valence-corrected chi connectivity index (χ2v) is 7.51. The lowest BCUT2D eigenvalue weighted by Gasteiger charge is -2.25. The minimum absolute atomic E-state index is 0.0648. The van der Waals surface area contributed by atoms with Gasteiger partial charge in [0.25, 0.3) is 5.91 Å². The number of ether oxygens (including phenoxy) is 1. The van der Waals surface area contributed by atoms with E-state index in [0.717, 1.165) is 38.2 Å². The summed E-state index contributed by atoms with van der Waals surface area (Å²) in [5.74, 6) is 0.0648. The Morgan fingerprint density at radius 1 is 1.12 bits per heavy atom. The zero-order valence-corrected chi connectivity index (χ0v) is 15.0. The lowest BCUT2D eigenvalue weighted by molar-refractivity contribution is 0.0302. The molecule has 0 atom stereocenters. The van der Waals surface area contributed by atoms with Gasteiger partial charge in [0.15, 0.2) is 5.01 Å². The largest absolute Gasteiger partial charge is 0.378 e. The smallest absolute Gasteiger partial charge is 0.283 e. The molecule has 1 amide bonds. The van der Waals surface area contributed by atoms with E-state index in [4.69, 9.17) is 4.74 Å². The number of hydrogen-bond donors (Lipinski definition) is 0. The Kier molecular flexibility index (Phi) is 5.05. The van der Waals surface area contributed by atoms with E-state index in [1.807, 2.05) is 17.3 Å². The maximum absolute atomic E-state index is 12.6. The Hall–Kier alpha value is -1.83. The lowest BCUT2D eigenvalue weighted by Crippen LogP contribution is -2.40. The van der Waals surface area contributed by atoms with Crippen LogP contribution >= 0.6 is 11.3 Å². The van der Waals surface area contributed by atoms with E-state index in [2.05, 4.69) is 27.0 Å². The van der Waals surface area contributed by atoms with E-state index >= 15 is 0 Å². The number of aromatic nitrogens is 2. The topological polar surface area (TPSA) is 58.6 Å². The zero-order valence-electron chi connectivity index (χ0n) is 14.2. The molecule has 0 N–H and O–H groups in total. The highest BCUT2D eigenvalue weighted by Gasteiger charge is 2.25. The standard InChI is InChI=1S/C18H22N4O2S/c23-18(22-9-11-24-12-10-22)17-20-15-3-7-21(8-4-16(15)25-17)13-14-1-5-19-6-2-14/h1-2,5-6H,3-4,7-13H2. The molecule has 2 aromatic heterocycles. The monoisotopic (exact) mass is 358 g/mol. The van der Waals surface area contributed by atoms with E-state index in [9.17, 15) is 4.79 Å². The quantitative estimate of drug-likeness (QED) is 0.834. The third kappa shape index (κ3) is 3.89. The number of carbonyl (C=O) groups excluding carboxylic acids is 1. The number of pyridine rings is 1. The maximum Gasteiger partial charge on any atom is 0.283 e. The molecule has 0 saturated carbocycles. The van der Waals surface area contributed by atoms with Gasteiger partial charge in [-0.2, -0.15) is 0 Å². The summed E-state index contributed by atoms with van der Waals surface area (Å²) in [6.45, 7) is 5.51. The molecule has 0 bridgehead atoms. The Labute approximate surface area is 151 Å². The first-order valence-electron chi connectivity index (χ1n) is 8.76. The normalized spacial score (nSPS) is 18.6. The molecule has 1 saturated heterocycles. The van der Waals surface area contributed by atoms with Gasteiger partial charge in [0.2, 0.25) is 0 Å². The van der Waals surface area contributed by atoms with Gasteiger partial charge in [-0.05, 0) is 24.1 Å². The van der Waals surface area contributed by atoms with Crippen LogP contribution in [0.25, 0.3) is 0 Å². The van der Waals surface area contributed by atoms with Crippen LogP contribution in [0.15, 0.2) is 24.5 Å². The molecule has 2 aliphatic heterocycles. The van der Waals surface area contributed by atoms with Gasteiger partial charge in [0.1, 0.15) is 0 Å². The molecule has 0 spiro atoms. The summed E-state index contributed by atoms with van der Waals surface area (Å²) < 4.78 is 5.32. The van der Waals surface area contributed by atoms with Crippen molar-refractivity contribution >= 4 is 17.2 Å². The van der Waals surface area contributed by atoms with Gasteiger partial charge in [0, 0.05) is 56.4 Å². The summed E-state index contributed by atoms with van der Waals surface area (Å²) in [7, 11) is 0. The van der Waals surface area contributed by atoms with Crippen LogP contribution in [-0.4, -0.2) is 65.1 Å². The van der Waals surface area contributed by atoms with Crippen molar-refractivity contribution in [3.05, 3.63) is 45.7 Å². The van der Waals surface area contributed by atoms with Crippen molar-refractivity contribution in [2.24, 2.45) is 0 Å². The van der Waals surface area contributed by atoms with Gasteiger partial charge in [-0.25, -0.2) is 4.98 Å². The van der Waals surface area contributed by atoms with Crippen molar-refractivity contribution in [3.8, 4) is 0 Å². The van der Waals surface area contributed by atoms with Gasteiger partial charge < -0.3 is 9.64 Å². The van der Waals surface area contributed by atoms with E-state index in [1.165, 1.54) is 10.4 Å². The first-order chi connectivity index (χ1) is 12.3. The van der Waals surface area contributed by atoms with Crippen LogP contribution in [0.4, 0.5) is 0 Å². The number of amides is 1. The second-order valence-electron chi connectivity index (χ2n) is 6.43. The van der Waals surface area contributed by atoms with Gasteiger partial charge in [-0.15, -0.1) is 11.3 Å². The Morgan fingerprint density at radius 2 is 1.88 bits per heavy atom. The summed E-state index contributed by atoms with van der Waals surface area (Å²) in [6, 6.07) is 4.13. The molecule has 132 valence electrons. The first-order valence-corrected chi connectivity index (χ1v) is 9.58. The highest BCUT2D eigenvalue weighted by Crippen LogP contribution is 2.24. The van der Waals surface area contributed by atoms with E-state index in [-0.39, 0.29) is 5.91 Å². The fraction of sp³-hybridized carbons (Fsp3) is 0.500. The maximum atomic E-state index is 12.6. The average Bonchev–Trinajstić information content (AvgIpc) is 2.99. The Morgan fingerprint density at radius 3 is 2.68 bits per heavy atom. The van der Waals surface area contributed by atoms with Crippen molar-refractivity contribution in [2.75, 3.05) is 39.4 Å². The van der Waals surface area contributed by atoms with E-state index < -0.39 is 0 Å². The van der Waals surface area contributed by atoms with Crippen LogP contribution in [0, 0.1) is 0 Å². The minimum Gasteiger partial charge on any atom is -0.378 e. The highest BCUT2D eigenvalue weighted by atomic mass is 32.1. The molecule has 0 aromatic carbocycles. The molecule has 6 nitrogen and oxygen atoms in total. The van der Waals surface area contributed by atoms with Crippen molar-refractivity contribution in [1.29, 1.82) is 0 Å². The number of rotatable bonds is 3. The first kappa shape index (κ1) is 16.6. The van der Waals surface area contributed by atoms with E-state index in [1.54, 1.807) is 11.3 Å². The molecule has 25 heavy (non-hydrogen) atoms. The van der Waals surface area contributed by atoms with Crippen molar-refractivity contribution in [3.63, 3.8) is 0 Å². The summed E-state index contributed by atoms with van der Waals surface area (Å²) in [5, 5.41) is 0.648. The molecule has 7 heteroatoms. The molecular formula is C18H22N4O2S. The van der Waals surface area contributed by atoms with Crippen molar-refractivity contribution in [1.82, 2.24) is 19.8 Å². The molecule has 0 aliphatic carbocycles. The molecule has 0 radical (unpaired) electrons. The van der Waals surface area contributed by atoms with Crippen molar-refractivity contribution < 1.29 is 9.53 Å². The predicted octanol–water partition coefficient (Wildman–Crippen LogP) is 1.61. The van der Waals surface area contributed by atoms with Gasteiger partial charge in [0.05, 0.1) is 18.9 Å². The minimum atomic E-state index is 0.0648. The molecule has 2 aliphatic rings. The number of nitrogens with zero attached hydrogens (tertiary/aromatic N) is 4. The fourth-order valence-electron chi connectivity index (χ4n) is 3.31. The second kappa shape index (κ2) is 7.59. The Balaban J connectivity index is 1.40. The summed E-state index contributed by atoms with van der Waals surface area (Å²) >= 11 is 1.58. The molecule has 4 heterocycles. The van der Waals surface area contributed by atoms with Crippen molar-refractivity contribution in [2.45, 2.75) is 19.4 Å². The van der Waals surface area contributed by atoms with Crippen LogP contribution in [-0.2, 0) is 24.1 Å². The number of fused-ring (bicyclic) bond motifs is 1. The highest BCUT2D eigenvalue weighted by molar-refractivity contribution is 7.13. The number of hydrogen-bond acceptors (Lipinski definition) is 6. The average molecular weight is 358 g/mol. The summed E-state index contributed by atoms with van der Waals surface area (Å²) in [6.07, 6.45) is 5.56. The molecule has 0 unspecified atom stereocenters. The van der Waals surface area contributed by atoms with Crippen LogP contribution < -0.4 is 0 Å². The van der Waals surface area contributed by atoms with Gasteiger partial charge >= 0.3 is 0 Å². The summed E-state index contributed by atoms with van der Waals surface area (Å²) in [4.78, 5) is 26.9. The van der Waals surface area contributed by atoms with E-state index in [0.29, 0.717) is 31.3 Å². The summed E-state index contributed by atoms with van der Waals surface area (Å²) in [5.41, 5.74) is 2.40. The molecule has 2 aromatic rings. The van der Waals surface area contributed by atoms with Gasteiger partial charge in [-0.1, -0.05) is 0 Å². The number of morpholine rings is 1. The molecule has 1 fully saturated rings. The number of carbonyl (C=O) groups is 1. The van der Waals surface area contributed by atoms with Crippen LogP contribution in [0.2, 0.25) is 0 Å². The third-order valence-electron chi connectivity index (χ3n) is 4.73. The molecule has 4 rings (SSSR count). The third-order valence-corrected chi connectivity index (χ3v) is 5.88. The molecular weight excluding hydrogens is 336 g/mol. The van der Waals surface area contributed by atoms with Crippen LogP contribution in [0.5, 0.6) is 0 Å². The predicted molar refractivity (Wildman–Crippen MR) is 95.8 cm³/mol. The lowest BCUT2D eigenvalue weighted by atomic mass is 10.2. The SMILES string of the molecule is O=C(c1nc2c(s1)CCN(Cc1ccncc1)CC2)N1CCOCC1.